The monoisotopic (exact) mass is 436 g/mol. The van der Waals surface area contributed by atoms with Crippen molar-refractivity contribution in [1.29, 1.82) is 0 Å². The fourth-order valence-corrected chi connectivity index (χ4v) is 5.01. The maximum atomic E-state index is 12.5. The van der Waals surface area contributed by atoms with Crippen molar-refractivity contribution < 1.29 is 91.9 Å². The normalized spacial score (nSPS) is 13.3. The van der Waals surface area contributed by atoms with E-state index in [1.54, 1.807) is 12.1 Å². The Morgan fingerprint density at radius 3 is 1.48 bits per heavy atom. The van der Waals surface area contributed by atoms with E-state index in [-0.39, 0.29) is 76.7 Å². The van der Waals surface area contributed by atoms with Crippen molar-refractivity contribution in [2.45, 2.75) is 29.9 Å². The van der Waals surface area contributed by atoms with Crippen LogP contribution in [0.4, 0.5) is 0 Å². The molecule has 0 aliphatic carbocycles. The molecule has 1 unspecified atom stereocenters. The van der Waals surface area contributed by atoms with Crippen molar-refractivity contribution in [3.8, 4) is 0 Å². The molecule has 29 heavy (non-hydrogen) atoms. The SMILES string of the molecule is CCCC(C(=O)[O-])(C(C(=O)[O-])(c1ccccc1)c1ccccc1)S(=O)(=O)O.[Na+].[Na+]. The number of carboxylic acids is 2. The second kappa shape index (κ2) is 11.1. The smallest absolute Gasteiger partial charge is 0.549 e. The minimum Gasteiger partial charge on any atom is -0.549 e. The number of hydrogen-bond donors (Lipinski definition) is 1. The number of carbonyl (C=O) groups excluding carboxylic acids is 2. The van der Waals surface area contributed by atoms with Gasteiger partial charge in [-0.05, 0) is 17.5 Å². The van der Waals surface area contributed by atoms with Crippen LogP contribution in [0, 0.1) is 0 Å². The third-order valence-electron chi connectivity index (χ3n) is 4.70. The third kappa shape index (κ3) is 4.65. The van der Waals surface area contributed by atoms with Gasteiger partial charge in [0.25, 0.3) is 10.1 Å². The summed E-state index contributed by atoms with van der Waals surface area (Å²) in [4.78, 5) is 24.7. The van der Waals surface area contributed by atoms with E-state index < -0.39 is 38.6 Å². The van der Waals surface area contributed by atoms with Crippen LogP contribution in [0.5, 0.6) is 0 Å². The van der Waals surface area contributed by atoms with Crippen LogP contribution in [0.1, 0.15) is 30.9 Å². The molecule has 1 N–H and O–H groups in total. The summed E-state index contributed by atoms with van der Waals surface area (Å²) in [6, 6.07) is 14.0. The Balaban J connectivity index is 0.00000392. The van der Waals surface area contributed by atoms with E-state index >= 15 is 0 Å². The molecule has 144 valence electrons. The van der Waals surface area contributed by atoms with Gasteiger partial charge in [-0.25, -0.2) is 0 Å². The van der Waals surface area contributed by atoms with E-state index in [0.29, 0.717) is 0 Å². The number of hydrogen-bond acceptors (Lipinski definition) is 6. The van der Waals surface area contributed by atoms with Crippen LogP contribution < -0.4 is 69.3 Å². The molecule has 7 nitrogen and oxygen atoms in total. The molecule has 1 atom stereocenters. The van der Waals surface area contributed by atoms with Crippen molar-refractivity contribution in [3.05, 3.63) is 71.8 Å². The van der Waals surface area contributed by atoms with Crippen LogP contribution in [-0.4, -0.2) is 29.7 Å². The largest absolute Gasteiger partial charge is 1.00 e. The summed E-state index contributed by atoms with van der Waals surface area (Å²) in [6.07, 6.45) is -0.756. The molecule has 2 aromatic rings. The summed E-state index contributed by atoms with van der Waals surface area (Å²) < 4.78 is 31.7. The first-order chi connectivity index (χ1) is 12.7. The molecule has 0 aliphatic heterocycles. The van der Waals surface area contributed by atoms with Crippen LogP contribution in [0.3, 0.4) is 0 Å². The summed E-state index contributed by atoms with van der Waals surface area (Å²) in [5.41, 5.74) is -3.06. The zero-order valence-electron chi connectivity index (χ0n) is 16.5. The number of carboxylic acid groups (broad SMARTS) is 2. The molecule has 0 bridgehead atoms. The maximum absolute atomic E-state index is 12.5. The Labute approximate surface area is 213 Å². The second-order valence-electron chi connectivity index (χ2n) is 6.11. The number of rotatable bonds is 8. The van der Waals surface area contributed by atoms with E-state index in [4.69, 9.17) is 0 Å². The molecule has 0 saturated carbocycles. The van der Waals surface area contributed by atoms with E-state index in [1.807, 2.05) is 0 Å². The first-order valence-electron chi connectivity index (χ1n) is 8.17. The van der Waals surface area contributed by atoms with Gasteiger partial charge in [0.1, 0.15) is 0 Å². The average Bonchev–Trinajstić information content (AvgIpc) is 2.61. The second-order valence-corrected chi connectivity index (χ2v) is 7.76. The molecule has 0 saturated heterocycles. The standard InChI is InChI=1S/C19H20O7S.2Na/c1-2-13-18(16(20)21,27(24,25)26)19(17(22)23,14-9-5-3-6-10-14)15-11-7-4-8-12-15;;/h3-12H,2,13H2,1H3,(H,20,21)(H,22,23)(H,24,25,26);;/q;2*+1/p-2. The number of carbonyl (C=O) groups is 2. The zero-order chi connectivity index (χ0) is 20.3. The molecular weight excluding hydrogens is 418 g/mol. The Bertz CT molecular complexity index is 894. The molecule has 0 spiro atoms. The van der Waals surface area contributed by atoms with Crippen molar-refractivity contribution in [3.63, 3.8) is 0 Å². The van der Waals surface area contributed by atoms with Crippen molar-refractivity contribution >= 4 is 22.1 Å². The van der Waals surface area contributed by atoms with E-state index in [1.165, 1.54) is 55.5 Å². The van der Waals surface area contributed by atoms with Crippen LogP contribution in [0.25, 0.3) is 0 Å². The van der Waals surface area contributed by atoms with Gasteiger partial charge < -0.3 is 19.8 Å². The van der Waals surface area contributed by atoms with E-state index in [9.17, 15) is 32.8 Å². The molecular formula is C19H18Na2O7S. The summed E-state index contributed by atoms with van der Waals surface area (Å²) in [6.45, 7) is 1.47. The van der Waals surface area contributed by atoms with Gasteiger partial charge in [-0.1, -0.05) is 74.0 Å². The first kappa shape index (κ1) is 28.3. The third-order valence-corrected chi connectivity index (χ3v) is 6.26. The van der Waals surface area contributed by atoms with Crippen LogP contribution in [-0.2, 0) is 25.1 Å². The van der Waals surface area contributed by atoms with Gasteiger partial charge in [0, 0.05) is 0 Å². The Hall–Kier alpha value is -0.710. The predicted molar refractivity (Wildman–Crippen MR) is 92.9 cm³/mol. The van der Waals surface area contributed by atoms with Crippen LogP contribution >= 0.6 is 0 Å². The molecule has 0 aliphatic rings. The van der Waals surface area contributed by atoms with Crippen molar-refractivity contribution in [2.75, 3.05) is 0 Å². The molecule has 0 amide bonds. The van der Waals surface area contributed by atoms with Crippen LogP contribution in [0.2, 0.25) is 0 Å². The quantitative estimate of drug-likeness (QED) is 0.322. The molecule has 0 fully saturated rings. The molecule has 0 heterocycles. The fourth-order valence-electron chi connectivity index (χ4n) is 3.63. The molecule has 0 radical (unpaired) electrons. The van der Waals surface area contributed by atoms with Crippen LogP contribution in [0.15, 0.2) is 60.7 Å². The van der Waals surface area contributed by atoms with Crippen molar-refractivity contribution in [2.24, 2.45) is 0 Å². The average molecular weight is 436 g/mol. The number of benzene rings is 2. The molecule has 0 aromatic heterocycles. The first-order valence-corrected chi connectivity index (χ1v) is 9.61. The fraction of sp³-hybridized carbons (Fsp3) is 0.263. The van der Waals surface area contributed by atoms with Gasteiger partial charge in [0.15, 0.2) is 4.75 Å². The minimum atomic E-state index is -5.47. The topological polar surface area (TPSA) is 135 Å². The predicted octanol–water partition coefficient (Wildman–Crippen LogP) is -6.09. The van der Waals surface area contributed by atoms with Crippen molar-refractivity contribution in [1.82, 2.24) is 0 Å². The summed E-state index contributed by atoms with van der Waals surface area (Å²) in [7, 11) is -5.47. The van der Waals surface area contributed by atoms with Gasteiger partial charge in [-0.3, -0.25) is 4.55 Å². The Morgan fingerprint density at radius 1 is 0.862 bits per heavy atom. The number of aliphatic carboxylic acids is 2. The summed E-state index contributed by atoms with van der Waals surface area (Å²) in [5, 5.41) is 24.7. The van der Waals surface area contributed by atoms with Gasteiger partial charge in [0.05, 0.1) is 17.4 Å². The molecule has 10 heteroatoms. The van der Waals surface area contributed by atoms with Gasteiger partial charge >= 0.3 is 59.1 Å². The minimum absolute atomic E-state index is 0. The Kier molecular flexibility index (Phi) is 10.8. The van der Waals surface area contributed by atoms with Gasteiger partial charge in [-0.15, -0.1) is 0 Å². The van der Waals surface area contributed by atoms with Gasteiger partial charge in [0.2, 0.25) is 0 Å². The van der Waals surface area contributed by atoms with E-state index in [0.717, 1.165) is 0 Å². The van der Waals surface area contributed by atoms with Gasteiger partial charge in [-0.2, -0.15) is 8.42 Å². The summed E-state index contributed by atoms with van der Waals surface area (Å²) >= 11 is 0. The van der Waals surface area contributed by atoms with E-state index in [2.05, 4.69) is 0 Å². The molecule has 2 aromatic carbocycles. The Morgan fingerprint density at radius 2 is 1.24 bits per heavy atom. The summed E-state index contributed by atoms with van der Waals surface area (Å²) in [5.74, 6) is -4.20. The molecule has 2 rings (SSSR count). The maximum Gasteiger partial charge on any atom is 1.00 e. The zero-order valence-corrected chi connectivity index (χ0v) is 21.3.